The van der Waals surface area contributed by atoms with Crippen LogP contribution in [0.3, 0.4) is 0 Å². The fourth-order valence-electron chi connectivity index (χ4n) is 2.29. The van der Waals surface area contributed by atoms with E-state index in [1.165, 1.54) is 4.90 Å². The van der Waals surface area contributed by atoms with Crippen molar-refractivity contribution in [3.05, 3.63) is 60.2 Å². The van der Waals surface area contributed by atoms with Crippen LogP contribution in [0.4, 0.5) is 0 Å². The van der Waals surface area contributed by atoms with Gasteiger partial charge in [-0.15, -0.1) is 11.8 Å². The monoisotopic (exact) mass is 371 g/mol. The second kappa shape index (κ2) is 11.3. The van der Waals surface area contributed by atoms with Crippen LogP contribution in [0.15, 0.2) is 59.5 Å². The van der Waals surface area contributed by atoms with Gasteiger partial charge < -0.3 is 14.8 Å². The molecule has 138 valence electrons. The Hall–Kier alpha value is -2.40. The number of methoxy groups -OCH3 is 1. The first-order valence-corrected chi connectivity index (χ1v) is 9.66. The fraction of sp³-hybridized carbons (Fsp3) is 0.286. The van der Waals surface area contributed by atoms with Gasteiger partial charge in [0.1, 0.15) is 0 Å². The number of hydrogen-bond donors (Lipinski definition) is 1. The van der Waals surface area contributed by atoms with Gasteiger partial charge in [0.2, 0.25) is 5.91 Å². The lowest BCUT2D eigenvalue weighted by atomic mass is 10.2. The van der Waals surface area contributed by atoms with Crippen molar-refractivity contribution in [3.8, 4) is 11.5 Å². The number of carbonyl (C=O) groups is 1. The van der Waals surface area contributed by atoms with Gasteiger partial charge in [0.05, 0.1) is 13.7 Å². The predicted octanol–water partition coefficient (Wildman–Crippen LogP) is 4.41. The van der Waals surface area contributed by atoms with E-state index in [-0.39, 0.29) is 5.91 Å². The molecule has 5 heteroatoms. The Morgan fingerprint density at radius 3 is 2.69 bits per heavy atom. The van der Waals surface area contributed by atoms with Gasteiger partial charge in [-0.05, 0) is 55.0 Å². The number of benzene rings is 2. The molecule has 1 N–H and O–H groups in total. The second-order valence-electron chi connectivity index (χ2n) is 5.48. The van der Waals surface area contributed by atoms with E-state index in [0.717, 1.165) is 17.7 Å². The van der Waals surface area contributed by atoms with E-state index in [9.17, 15) is 4.79 Å². The average Bonchev–Trinajstić information content (AvgIpc) is 2.67. The molecule has 1 amide bonds. The summed E-state index contributed by atoms with van der Waals surface area (Å²) in [7, 11) is 1.61. The first kappa shape index (κ1) is 19.9. The minimum Gasteiger partial charge on any atom is -0.493 e. The van der Waals surface area contributed by atoms with Crippen LogP contribution in [0.25, 0.3) is 6.08 Å². The number of nitrogens with one attached hydrogen (secondary N) is 1. The van der Waals surface area contributed by atoms with Crippen LogP contribution in [-0.2, 0) is 4.79 Å². The van der Waals surface area contributed by atoms with Crippen molar-refractivity contribution in [1.82, 2.24) is 5.32 Å². The number of rotatable bonds is 10. The van der Waals surface area contributed by atoms with Crippen LogP contribution in [0.5, 0.6) is 11.5 Å². The van der Waals surface area contributed by atoms with Gasteiger partial charge in [-0.25, -0.2) is 0 Å². The minimum atomic E-state index is -0.0940. The van der Waals surface area contributed by atoms with Crippen LogP contribution in [0, 0.1) is 0 Å². The number of amides is 1. The molecule has 0 saturated heterocycles. The fourth-order valence-corrected chi connectivity index (χ4v) is 3.16. The molecule has 2 aromatic carbocycles. The Morgan fingerprint density at radius 1 is 1.15 bits per heavy atom. The largest absolute Gasteiger partial charge is 0.493 e. The molecule has 0 spiro atoms. The third kappa shape index (κ3) is 6.84. The van der Waals surface area contributed by atoms with Crippen LogP contribution in [-0.4, -0.2) is 31.9 Å². The van der Waals surface area contributed by atoms with Crippen LogP contribution in [0.1, 0.15) is 18.9 Å². The molecule has 0 saturated carbocycles. The molecule has 0 bridgehead atoms. The van der Waals surface area contributed by atoms with Crippen molar-refractivity contribution in [2.24, 2.45) is 0 Å². The highest BCUT2D eigenvalue weighted by Crippen LogP contribution is 2.28. The lowest BCUT2D eigenvalue weighted by Gasteiger charge is -2.09. The first-order valence-electron chi connectivity index (χ1n) is 8.67. The maximum absolute atomic E-state index is 11.9. The van der Waals surface area contributed by atoms with Gasteiger partial charge in [-0.3, -0.25) is 4.79 Å². The summed E-state index contributed by atoms with van der Waals surface area (Å²) in [4.78, 5) is 13.2. The molecule has 0 radical (unpaired) electrons. The molecular formula is C21H25NO3S. The number of ether oxygens (including phenoxy) is 2. The Kier molecular flexibility index (Phi) is 8.63. The molecule has 0 atom stereocenters. The number of carbonyl (C=O) groups excluding carboxylic acids is 1. The average molecular weight is 372 g/mol. The second-order valence-corrected chi connectivity index (χ2v) is 6.65. The quantitative estimate of drug-likeness (QED) is 0.382. The third-order valence-corrected chi connectivity index (χ3v) is 4.65. The molecule has 0 aliphatic heterocycles. The molecule has 26 heavy (non-hydrogen) atoms. The van der Waals surface area contributed by atoms with Gasteiger partial charge >= 0.3 is 0 Å². The molecule has 2 aromatic rings. The maximum atomic E-state index is 11.9. The Bertz CT molecular complexity index is 716. The number of hydrogen-bond acceptors (Lipinski definition) is 4. The third-order valence-electron chi connectivity index (χ3n) is 3.55. The van der Waals surface area contributed by atoms with E-state index in [1.54, 1.807) is 31.0 Å². The topological polar surface area (TPSA) is 47.6 Å². The molecule has 0 aliphatic carbocycles. The van der Waals surface area contributed by atoms with Crippen LogP contribution >= 0.6 is 11.8 Å². The zero-order valence-corrected chi connectivity index (χ0v) is 16.1. The van der Waals surface area contributed by atoms with E-state index in [2.05, 4.69) is 17.4 Å². The number of thioether (sulfide) groups is 1. The van der Waals surface area contributed by atoms with Crippen LogP contribution < -0.4 is 14.8 Å². The predicted molar refractivity (Wildman–Crippen MR) is 108 cm³/mol. The van der Waals surface area contributed by atoms with E-state index >= 15 is 0 Å². The maximum Gasteiger partial charge on any atom is 0.243 e. The van der Waals surface area contributed by atoms with Crippen molar-refractivity contribution in [1.29, 1.82) is 0 Å². The molecular weight excluding hydrogens is 346 g/mol. The SMILES string of the molecule is CCOc1cc(/C=C/C(=O)NCCCSc2ccccc2)ccc1OC. The summed E-state index contributed by atoms with van der Waals surface area (Å²) in [5.74, 6) is 2.24. The lowest BCUT2D eigenvalue weighted by Crippen LogP contribution is -2.22. The first-order chi connectivity index (χ1) is 12.7. The molecule has 4 nitrogen and oxygen atoms in total. The summed E-state index contributed by atoms with van der Waals surface area (Å²) in [5, 5.41) is 2.91. The molecule has 0 fully saturated rings. The Morgan fingerprint density at radius 2 is 1.96 bits per heavy atom. The highest BCUT2D eigenvalue weighted by atomic mass is 32.2. The summed E-state index contributed by atoms with van der Waals surface area (Å²) in [5.41, 5.74) is 0.893. The summed E-state index contributed by atoms with van der Waals surface area (Å²) in [6.45, 7) is 3.15. The van der Waals surface area contributed by atoms with Crippen molar-refractivity contribution in [2.45, 2.75) is 18.2 Å². The normalized spacial score (nSPS) is 10.7. The zero-order valence-electron chi connectivity index (χ0n) is 15.2. The molecule has 0 unspecified atom stereocenters. The van der Waals surface area contributed by atoms with Crippen molar-refractivity contribution in [2.75, 3.05) is 26.0 Å². The van der Waals surface area contributed by atoms with Gasteiger partial charge in [0.25, 0.3) is 0 Å². The van der Waals surface area contributed by atoms with Gasteiger partial charge in [0, 0.05) is 17.5 Å². The van der Waals surface area contributed by atoms with Gasteiger partial charge in [0.15, 0.2) is 11.5 Å². The molecule has 0 aliphatic rings. The van der Waals surface area contributed by atoms with Crippen molar-refractivity contribution in [3.63, 3.8) is 0 Å². The van der Waals surface area contributed by atoms with E-state index < -0.39 is 0 Å². The van der Waals surface area contributed by atoms with E-state index in [0.29, 0.717) is 24.7 Å². The van der Waals surface area contributed by atoms with Gasteiger partial charge in [-0.1, -0.05) is 24.3 Å². The standard InChI is InChI=1S/C21H25NO3S/c1-3-25-20-16-17(10-12-19(20)24-2)11-13-21(23)22-14-7-15-26-18-8-5-4-6-9-18/h4-6,8-13,16H,3,7,14-15H2,1-2H3,(H,22,23)/b13-11+. The summed E-state index contributed by atoms with van der Waals surface area (Å²) >= 11 is 1.80. The highest BCUT2D eigenvalue weighted by Gasteiger charge is 2.04. The van der Waals surface area contributed by atoms with Crippen molar-refractivity contribution < 1.29 is 14.3 Å². The highest BCUT2D eigenvalue weighted by molar-refractivity contribution is 7.99. The van der Waals surface area contributed by atoms with E-state index in [4.69, 9.17) is 9.47 Å². The summed E-state index contributed by atoms with van der Waals surface area (Å²) in [6.07, 6.45) is 4.24. The lowest BCUT2D eigenvalue weighted by molar-refractivity contribution is -0.116. The van der Waals surface area contributed by atoms with Crippen LogP contribution in [0.2, 0.25) is 0 Å². The molecule has 0 heterocycles. The smallest absolute Gasteiger partial charge is 0.243 e. The zero-order chi connectivity index (χ0) is 18.6. The minimum absolute atomic E-state index is 0.0940. The Balaban J connectivity index is 1.74. The molecule has 2 rings (SSSR count). The summed E-state index contributed by atoms with van der Waals surface area (Å²) < 4.78 is 10.8. The van der Waals surface area contributed by atoms with Gasteiger partial charge in [-0.2, -0.15) is 0 Å². The van der Waals surface area contributed by atoms with E-state index in [1.807, 2.05) is 43.3 Å². The Labute approximate surface area is 159 Å². The summed E-state index contributed by atoms with van der Waals surface area (Å²) in [6, 6.07) is 15.9. The van der Waals surface area contributed by atoms with Crippen molar-refractivity contribution >= 4 is 23.7 Å². The molecule has 0 aromatic heterocycles.